The van der Waals surface area contributed by atoms with E-state index in [1.165, 1.54) is 0 Å². The van der Waals surface area contributed by atoms with Crippen molar-refractivity contribution in [2.75, 3.05) is 0 Å². The zero-order valence-corrected chi connectivity index (χ0v) is 13.1. The third-order valence-corrected chi connectivity index (χ3v) is 4.15. The topological polar surface area (TPSA) is 33.2 Å². The molecule has 3 aromatic rings. The van der Waals surface area contributed by atoms with E-state index in [1.54, 1.807) is 18.5 Å². The first-order valence-electron chi connectivity index (χ1n) is 7.90. The van der Waals surface area contributed by atoms with Crippen LogP contribution >= 0.6 is 0 Å². The van der Waals surface area contributed by atoms with Gasteiger partial charge in [-0.3, -0.25) is 9.78 Å². The van der Waals surface area contributed by atoms with Crippen molar-refractivity contribution in [1.29, 1.82) is 0 Å². The molecule has 0 radical (unpaired) electrons. The van der Waals surface area contributed by atoms with Gasteiger partial charge in [0.1, 0.15) is 0 Å². The van der Waals surface area contributed by atoms with Gasteiger partial charge >= 0.3 is 0 Å². The van der Waals surface area contributed by atoms with E-state index in [9.17, 15) is 4.79 Å². The van der Waals surface area contributed by atoms with E-state index in [-0.39, 0.29) is 5.91 Å². The Labute approximate surface area is 140 Å². The van der Waals surface area contributed by atoms with Gasteiger partial charge in [0, 0.05) is 18.0 Å². The first-order chi connectivity index (χ1) is 11.8. The van der Waals surface area contributed by atoms with Crippen LogP contribution in [0.3, 0.4) is 0 Å². The van der Waals surface area contributed by atoms with Crippen molar-refractivity contribution >= 4 is 17.7 Å². The number of amides is 1. The molecule has 0 saturated heterocycles. The van der Waals surface area contributed by atoms with Gasteiger partial charge in [0.05, 0.1) is 17.8 Å². The minimum Gasteiger partial charge on any atom is -0.303 e. The summed E-state index contributed by atoms with van der Waals surface area (Å²) in [7, 11) is 0. The fourth-order valence-electron chi connectivity index (χ4n) is 2.97. The number of fused-ring (bicyclic) bond motifs is 1. The normalized spacial score (nSPS) is 14.9. The third-order valence-electron chi connectivity index (χ3n) is 4.15. The molecule has 3 heteroatoms. The molecule has 0 unspecified atom stereocenters. The minimum absolute atomic E-state index is 0.0263. The Balaban J connectivity index is 1.79. The summed E-state index contributed by atoms with van der Waals surface area (Å²) in [5.74, 6) is 0.0263. The van der Waals surface area contributed by atoms with E-state index >= 15 is 0 Å². The summed E-state index contributed by atoms with van der Waals surface area (Å²) >= 11 is 0. The number of carbonyl (C=O) groups is 1. The van der Waals surface area contributed by atoms with Crippen LogP contribution in [0, 0.1) is 0 Å². The summed E-state index contributed by atoms with van der Waals surface area (Å²) < 4.78 is 0. The van der Waals surface area contributed by atoms with Crippen molar-refractivity contribution in [3.05, 3.63) is 101 Å². The maximum atomic E-state index is 12.9. The van der Waals surface area contributed by atoms with Crippen molar-refractivity contribution in [3.63, 3.8) is 0 Å². The second-order valence-electron chi connectivity index (χ2n) is 5.74. The molecule has 116 valence electrons. The fourth-order valence-corrected chi connectivity index (χ4v) is 2.97. The molecule has 0 spiro atoms. The van der Waals surface area contributed by atoms with E-state index in [0.717, 1.165) is 22.4 Å². The van der Waals surface area contributed by atoms with Crippen molar-refractivity contribution in [2.45, 2.75) is 6.54 Å². The molecule has 1 aromatic heterocycles. The zero-order valence-electron chi connectivity index (χ0n) is 13.1. The Morgan fingerprint density at radius 2 is 1.58 bits per heavy atom. The number of rotatable bonds is 3. The lowest BCUT2D eigenvalue weighted by Gasteiger charge is -2.18. The number of aromatic nitrogens is 1. The molecule has 0 bridgehead atoms. The van der Waals surface area contributed by atoms with Crippen LogP contribution in [0.2, 0.25) is 0 Å². The van der Waals surface area contributed by atoms with Gasteiger partial charge in [0.2, 0.25) is 0 Å². The van der Waals surface area contributed by atoms with Crippen LogP contribution in [-0.2, 0) is 6.54 Å². The van der Waals surface area contributed by atoms with Gasteiger partial charge in [-0.25, -0.2) is 0 Å². The number of pyridine rings is 1. The Kier molecular flexibility index (Phi) is 3.67. The van der Waals surface area contributed by atoms with E-state index in [1.807, 2.05) is 71.6 Å². The van der Waals surface area contributed by atoms with Crippen LogP contribution in [0.5, 0.6) is 0 Å². The Bertz CT molecular complexity index is 901. The standard InChI is InChI=1S/C21H16N2O/c24-21-18-11-12-22-14-19(18)20(13-16-7-3-1-4-8-16)23(21)15-17-9-5-2-6-10-17/h1-14H,15H2/b20-13-. The molecule has 1 aliphatic heterocycles. The average molecular weight is 312 g/mol. The number of hydrogen-bond donors (Lipinski definition) is 0. The molecule has 1 amide bonds. The largest absolute Gasteiger partial charge is 0.303 e. The quantitative estimate of drug-likeness (QED) is 0.725. The highest BCUT2D eigenvalue weighted by Gasteiger charge is 2.32. The van der Waals surface area contributed by atoms with Crippen LogP contribution in [0.4, 0.5) is 0 Å². The SMILES string of the molecule is O=C1c2ccncc2/C(=C/c2ccccc2)N1Cc1ccccc1. The molecule has 24 heavy (non-hydrogen) atoms. The van der Waals surface area contributed by atoms with Crippen LogP contribution in [0.25, 0.3) is 11.8 Å². The summed E-state index contributed by atoms with van der Waals surface area (Å²) in [6.07, 6.45) is 5.49. The second-order valence-corrected chi connectivity index (χ2v) is 5.74. The monoisotopic (exact) mass is 312 g/mol. The number of benzene rings is 2. The number of hydrogen-bond acceptors (Lipinski definition) is 2. The van der Waals surface area contributed by atoms with Crippen molar-refractivity contribution in [1.82, 2.24) is 9.88 Å². The predicted molar refractivity (Wildman–Crippen MR) is 94.9 cm³/mol. The lowest BCUT2D eigenvalue weighted by atomic mass is 10.1. The Morgan fingerprint density at radius 3 is 2.33 bits per heavy atom. The molecule has 1 aliphatic rings. The molecular formula is C21H16N2O. The van der Waals surface area contributed by atoms with Gasteiger partial charge in [-0.05, 0) is 23.3 Å². The minimum atomic E-state index is 0.0263. The van der Waals surface area contributed by atoms with Gasteiger partial charge in [-0.1, -0.05) is 60.7 Å². The van der Waals surface area contributed by atoms with Gasteiger partial charge in [-0.2, -0.15) is 0 Å². The van der Waals surface area contributed by atoms with Gasteiger partial charge in [0.15, 0.2) is 0 Å². The lowest BCUT2D eigenvalue weighted by Crippen LogP contribution is -2.22. The maximum Gasteiger partial charge on any atom is 0.259 e. The van der Waals surface area contributed by atoms with Gasteiger partial charge < -0.3 is 4.90 Å². The maximum absolute atomic E-state index is 12.9. The Morgan fingerprint density at radius 1 is 0.875 bits per heavy atom. The highest BCUT2D eigenvalue weighted by molar-refractivity contribution is 6.11. The number of carbonyl (C=O) groups excluding carboxylic acids is 1. The molecule has 0 fully saturated rings. The molecule has 0 N–H and O–H groups in total. The number of nitrogens with zero attached hydrogens (tertiary/aromatic N) is 2. The van der Waals surface area contributed by atoms with E-state index in [0.29, 0.717) is 12.1 Å². The molecule has 2 aromatic carbocycles. The average Bonchev–Trinajstić information content (AvgIpc) is 2.90. The summed E-state index contributed by atoms with van der Waals surface area (Å²) in [5.41, 5.74) is 4.67. The fraction of sp³-hybridized carbons (Fsp3) is 0.0476. The van der Waals surface area contributed by atoms with Crippen molar-refractivity contribution in [2.24, 2.45) is 0 Å². The highest BCUT2D eigenvalue weighted by Crippen LogP contribution is 2.34. The molecule has 3 nitrogen and oxygen atoms in total. The molecule has 4 rings (SSSR count). The Hall–Kier alpha value is -3.20. The van der Waals surface area contributed by atoms with E-state index in [4.69, 9.17) is 0 Å². The van der Waals surface area contributed by atoms with E-state index in [2.05, 4.69) is 4.98 Å². The summed E-state index contributed by atoms with van der Waals surface area (Å²) in [5, 5.41) is 0. The molecular weight excluding hydrogens is 296 g/mol. The van der Waals surface area contributed by atoms with Gasteiger partial charge in [-0.15, -0.1) is 0 Å². The molecule has 2 heterocycles. The van der Waals surface area contributed by atoms with E-state index < -0.39 is 0 Å². The zero-order chi connectivity index (χ0) is 16.4. The predicted octanol–water partition coefficient (Wildman–Crippen LogP) is 4.24. The first kappa shape index (κ1) is 14.4. The molecule has 0 atom stereocenters. The summed E-state index contributed by atoms with van der Waals surface area (Å²) in [6.45, 7) is 0.549. The van der Waals surface area contributed by atoms with Crippen molar-refractivity contribution in [3.8, 4) is 0 Å². The lowest BCUT2D eigenvalue weighted by molar-refractivity contribution is 0.0843. The highest BCUT2D eigenvalue weighted by atomic mass is 16.2. The smallest absolute Gasteiger partial charge is 0.259 e. The van der Waals surface area contributed by atoms with Crippen LogP contribution in [-0.4, -0.2) is 15.8 Å². The third kappa shape index (κ3) is 2.61. The molecule has 0 saturated carbocycles. The van der Waals surface area contributed by atoms with Crippen LogP contribution < -0.4 is 0 Å². The van der Waals surface area contributed by atoms with Crippen LogP contribution in [0.15, 0.2) is 79.1 Å². The second kappa shape index (κ2) is 6.13. The van der Waals surface area contributed by atoms with Crippen LogP contribution in [0.1, 0.15) is 27.0 Å². The summed E-state index contributed by atoms with van der Waals surface area (Å²) in [4.78, 5) is 18.9. The molecule has 0 aliphatic carbocycles. The summed E-state index contributed by atoms with van der Waals surface area (Å²) in [6, 6.07) is 21.9. The van der Waals surface area contributed by atoms with Crippen molar-refractivity contribution < 1.29 is 4.79 Å². The first-order valence-corrected chi connectivity index (χ1v) is 7.90. The van der Waals surface area contributed by atoms with Gasteiger partial charge in [0.25, 0.3) is 5.91 Å².